The number of aromatic nitrogens is 2. The summed E-state index contributed by atoms with van der Waals surface area (Å²) < 4.78 is 10.4. The molecule has 2 unspecified atom stereocenters. The van der Waals surface area contributed by atoms with Crippen molar-refractivity contribution in [2.45, 2.75) is 37.0 Å². The van der Waals surface area contributed by atoms with Crippen molar-refractivity contribution in [2.24, 2.45) is 5.73 Å². The Hall–Kier alpha value is -0.590. The van der Waals surface area contributed by atoms with E-state index in [1.54, 1.807) is 7.11 Å². The van der Waals surface area contributed by atoms with Crippen LogP contribution in [0.5, 0.6) is 0 Å². The van der Waals surface area contributed by atoms with Crippen LogP contribution in [-0.2, 0) is 15.0 Å². The molecule has 0 radical (unpaired) electrons. The van der Waals surface area contributed by atoms with Crippen LogP contribution in [-0.4, -0.2) is 29.6 Å². The Morgan fingerprint density at radius 3 is 3.00 bits per heavy atom. The van der Waals surface area contributed by atoms with Crippen LogP contribution in [0.4, 0.5) is 0 Å². The van der Waals surface area contributed by atoms with Crippen molar-refractivity contribution in [3.63, 3.8) is 0 Å². The first-order chi connectivity index (χ1) is 7.98. The number of thioether (sulfide) groups is 1. The summed E-state index contributed by atoms with van der Waals surface area (Å²) in [5.41, 5.74) is 5.39. The maximum absolute atomic E-state index is 6.09. The van der Waals surface area contributed by atoms with Gasteiger partial charge in [-0.3, -0.25) is 0 Å². The molecule has 0 amide bonds. The van der Waals surface area contributed by atoms with Crippen LogP contribution in [0.2, 0.25) is 0 Å². The largest absolute Gasteiger partial charge is 0.382 e. The Morgan fingerprint density at radius 1 is 1.65 bits per heavy atom. The molecule has 0 aliphatic carbocycles. The lowest BCUT2D eigenvalue weighted by Crippen LogP contribution is -2.39. The Kier molecular flexibility index (Phi) is 3.47. The molecule has 96 valence electrons. The van der Waals surface area contributed by atoms with Gasteiger partial charge in [-0.05, 0) is 32.4 Å². The van der Waals surface area contributed by atoms with E-state index in [-0.39, 0.29) is 4.75 Å². The van der Waals surface area contributed by atoms with E-state index < -0.39 is 5.54 Å². The zero-order valence-electron chi connectivity index (χ0n) is 10.5. The number of hydrogen-bond acceptors (Lipinski definition) is 6. The molecule has 1 aliphatic heterocycles. The van der Waals surface area contributed by atoms with Gasteiger partial charge in [-0.15, -0.1) is 11.8 Å². The number of hydrogen-bond donors (Lipinski definition) is 1. The Labute approximate surface area is 105 Å². The highest BCUT2D eigenvalue weighted by Crippen LogP contribution is 2.45. The number of rotatable bonds is 4. The monoisotopic (exact) mass is 257 g/mol. The maximum Gasteiger partial charge on any atom is 0.242 e. The fourth-order valence-corrected chi connectivity index (χ4v) is 3.22. The minimum Gasteiger partial charge on any atom is -0.382 e. The molecular weight excluding hydrogens is 238 g/mol. The van der Waals surface area contributed by atoms with Crippen LogP contribution >= 0.6 is 11.8 Å². The predicted molar refractivity (Wildman–Crippen MR) is 66.8 cm³/mol. The lowest BCUT2D eigenvalue weighted by Gasteiger charge is -2.19. The minimum absolute atomic E-state index is 0.0472. The first kappa shape index (κ1) is 12.9. The highest BCUT2D eigenvalue weighted by atomic mass is 32.2. The number of ether oxygens (including phenoxy) is 1. The van der Waals surface area contributed by atoms with Crippen LogP contribution in [0.1, 0.15) is 38.4 Å². The third-order valence-electron chi connectivity index (χ3n) is 3.05. The SMILES string of the molecule is COCC(C)(N)c1noc(C2(C)CCCS2)n1. The lowest BCUT2D eigenvalue weighted by atomic mass is 10.0. The fourth-order valence-electron chi connectivity index (χ4n) is 1.98. The van der Waals surface area contributed by atoms with Gasteiger partial charge in [-0.1, -0.05) is 5.16 Å². The molecule has 0 aromatic carbocycles. The van der Waals surface area contributed by atoms with E-state index in [0.717, 1.165) is 12.2 Å². The van der Waals surface area contributed by atoms with Crippen LogP contribution in [0, 0.1) is 0 Å². The van der Waals surface area contributed by atoms with Gasteiger partial charge in [0.1, 0.15) is 5.54 Å². The van der Waals surface area contributed by atoms with Gasteiger partial charge in [0.2, 0.25) is 5.89 Å². The van der Waals surface area contributed by atoms with Crippen molar-refractivity contribution in [1.82, 2.24) is 10.1 Å². The maximum atomic E-state index is 6.09. The van der Waals surface area contributed by atoms with Gasteiger partial charge in [0.05, 0.1) is 11.4 Å². The molecule has 2 heterocycles. The summed E-state index contributed by atoms with van der Waals surface area (Å²) in [6.45, 7) is 4.36. The van der Waals surface area contributed by atoms with Gasteiger partial charge < -0.3 is 15.0 Å². The minimum atomic E-state index is -0.698. The van der Waals surface area contributed by atoms with E-state index in [2.05, 4.69) is 17.1 Å². The van der Waals surface area contributed by atoms with Gasteiger partial charge in [-0.2, -0.15) is 4.98 Å². The summed E-state index contributed by atoms with van der Waals surface area (Å²) in [7, 11) is 1.61. The smallest absolute Gasteiger partial charge is 0.242 e. The number of nitrogens with two attached hydrogens (primary N) is 1. The molecule has 1 saturated heterocycles. The standard InChI is InChI=1S/C11H19N3O2S/c1-10(12,7-15-3)8-13-9(16-14-8)11(2)5-4-6-17-11/h4-7,12H2,1-3H3. The zero-order chi connectivity index (χ0) is 12.5. The molecule has 6 heteroatoms. The van der Waals surface area contributed by atoms with Crippen LogP contribution < -0.4 is 5.73 Å². The second-order valence-corrected chi connectivity index (χ2v) is 6.55. The topological polar surface area (TPSA) is 74.2 Å². The number of methoxy groups -OCH3 is 1. The summed E-state index contributed by atoms with van der Waals surface area (Å²) >= 11 is 1.87. The highest BCUT2D eigenvalue weighted by Gasteiger charge is 2.38. The summed E-state index contributed by atoms with van der Waals surface area (Å²) in [4.78, 5) is 4.45. The fraction of sp³-hybridized carbons (Fsp3) is 0.818. The molecule has 2 atom stereocenters. The molecule has 0 saturated carbocycles. The molecule has 2 N–H and O–H groups in total. The van der Waals surface area contributed by atoms with Crippen LogP contribution in [0.25, 0.3) is 0 Å². The molecule has 1 aliphatic rings. The van der Waals surface area contributed by atoms with Crippen molar-refractivity contribution in [3.8, 4) is 0 Å². The Bertz CT molecular complexity index is 386. The quantitative estimate of drug-likeness (QED) is 0.883. The van der Waals surface area contributed by atoms with Crippen molar-refractivity contribution in [2.75, 3.05) is 19.5 Å². The zero-order valence-corrected chi connectivity index (χ0v) is 11.3. The second kappa shape index (κ2) is 4.59. The van der Waals surface area contributed by atoms with Gasteiger partial charge in [-0.25, -0.2) is 0 Å². The molecule has 2 rings (SSSR count). The highest BCUT2D eigenvalue weighted by molar-refractivity contribution is 8.00. The van der Waals surface area contributed by atoms with Gasteiger partial charge in [0, 0.05) is 7.11 Å². The second-order valence-electron chi connectivity index (χ2n) is 4.96. The molecule has 1 aromatic heterocycles. The predicted octanol–water partition coefficient (Wildman–Crippen LogP) is 1.63. The molecule has 17 heavy (non-hydrogen) atoms. The summed E-state index contributed by atoms with van der Waals surface area (Å²) in [6, 6.07) is 0. The summed E-state index contributed by atoms with van der Waals surface area (Å²) in [5.74, 6) is 2.34. The molecular formula is C11H19N3O2S. The third-order valence-corrected chi connectivity index (χ3v) is 4.56. The Balaban J connectivity index is 2.21. The van der Waals surface area contributed by atoms with E-state index in [1.165, 1.54) is 6.42 Å². The van der Waals surface area contributed by atoms with Crippen LogP contribution in [0.15, 0.2) is 4.52 Å². The molecule has 0 spiro atoms. The van der Waals surface area contributed by atoms with Crippen molar-refractivity contribution in [3.05, 3.63) is 11.7 Å². The number of nitrogens with zero attached hydrogens (tertiary/aromatic N) is 2. The van der Waals surface area contributed by atoms with Crippen molar-refractivity contribution in [1.29, 1.82) is 0 Å². The van der Waals surface area contributed by atoms with E-state index >= 15 is 0 Å². The van der Waals surface area contributed by atoms with E-state index in [1.807, 2.05) is 18.7 Å². The summed E-state index contributed by atoms with van der Waals surface area (Å²) in [6.07, 6.45) is 2.27. The normalized spacial score (nSPS) is 28.2. The van der Waals surface area contributed by atoms with Gasteiger partial charge in [0.25, 0.3) is 0 Å². The average Bonchev–Trinajstić information content (AvgIpc) is 2.86. The average molecular weight is 257 g/mol. The molecule has 0 bridgehead atoms. The van der Waals surface area contributed by atoms with Gasteiger partial charge in [0.15, 0.2) is 5.82 Å². The Morgan fingerprint density at radius 2 is 2.41 bits per heavy atom. The van der Waals surface area contributed by atoms with E-state index in [0.29, 0.717) is 18.3 Å². The van der Waals surface area contributed by atoms with Gasteiger partial charge >= 0.3 is 0 Å². The first-order valence-corrected chi connectivity index (χ1v) is 6.73. The molecule has 5 nitrogen and oxygen atoms in total. The molecule has 1 fully saturated rings. The third kappa shape index (κ3) is 2.48. The van der Waals surface area contributed by atoms with E-state index in [9.17, 15) is 0 Å². The summed E-state index contributed by atoms with van der Waals surface area (Å²) in [5, 5.41) is 3.99. The first-order valence-electron chi connectivity index (χ1n) is 5.74. The molecule has 1 aromatic rings. The van der Waals surface area contributed by atoms with Crippen molar-refractivity contribution >= 4 is 11.8 Å². The van der Waals surface area contributed by atoms with Crippen molar-refractivity contribution < 1.29 is 9.26 Å². The van der Waals surface area contributed by atoms with Crippen LogP contribution in [0.3, 0.4) is 0 Å². The van der Waals surface area contributed by atoms with E-state index in [4.69, 9.17) is 15.0 Å². The lowest BCUT2D eigenvalue weighted by molar-refractivity contribution is 0.135.